The van der Waals surface area contributed by atoms with Crippen LogP contribution in [0.15, 0.2) is 78.2 Å². The summed E-state index contributed by atoms with van der Waals surface area (Å²) in [6.07, 6.45) is 0. The minimum atomic E-state index is -0.301. The minimum Gasteiger partial charge on any atom is -0.321 e. The number of hydrogen-bond acceptors (Lipinski definition) is 3. The lowest BCUT2D eigenvalue weighted by Gasteiger charge is -2.10. The van der Waals surface area contributed by atoms with Crippen molar-refractivity contribution in [3.8, 4) is 21.8 Å². The largest absolute Gasteiger partial charge is 0.321 e. The molecule has 28 heavy (non-hydrogen) atoms. The molecule has 3 nitrogen and oxygen atoms in total. The second kappa shape index (κ2) is 7.74. The molecule has 1 amide bonds. The van der Waals surface area contributed by atoms with Gasteiger partial charge in [0.25, 0.3) is 5.91 Å². The van der Waals surface area contributed by atoms with Crippen LogP contribution in [0.1, 0.15) is 15.9 Å². The first kappa shape index (κ1) is 18.1. The normalized spacial score (nSPS) is 10.6. The number of carbonyl (C=O) groups is 1. The molecule has 0 radical (unpaired) electrons. The summed E-state index contributed by atoms with van der Waals surface area (Å²) < 4.78 is 14.1. The maximum Gasteiger partial charge on any atom is 0.255 e. The van der Waals surface area contributed by atoms with Gasteiger partial charge in [0.05, 0.1) is 11.4 Å². The van der Waals surface area contributed by atoms with E-state index in [-0.39, 0.29) is 11.7 Å². The van der Waals surface area contributed by atoms with Crippen LogP contribution in [0.3, 0.4) is 0 Å². The fourth-order valence-corrected chi connectivity index (χ4v) is 3.80. The van der Waals surface area contributed by atoms with Crippen LogP contribution in [-0.4, -0.2) is 10.9 Å². The number of nitrogens with one attached hydrogen (secondary N) is 1. The molecule has 0 bridgehead atoms. The predicted molar refractivity (Wildman–Crippen MR) is 112 cm³/mol. The molecule has 0 aliphatic heterocycles. The Hall–Kier alpha value is -3.31. The molecule has 5 heteroatoms. The van der Waals surface area contributed by atoms with Gasteiger partial charge in [-0.3, -0.25) is 4.79 Å². The first-order chi connectivity index (χ1) is 13.6. The number of carbonyl (C=O) groups excluding carboxylic acids is 1. The van der Waals surface area contributed by atoms with Crippen LogP contribution in [0.25, 0.3) is 21.8 Å². The number of aromatic nitrogens is 1. The van der Waals surface area contributed by atoms with Crippen molar-refractivity contribution >= 4 is 22.9 Å². The number of benzene rings is 3. The molecule has 0 aliphatic carbocycles. The number of hydrogen-bond donors (Lipinski definition) is 1. The summed E-state index contributed by atoms with van der Waals surface area (Å²) in [4.78, 5) is 17.2. The molecule has 1 heterocycles. The fourth-order valence-electron chi connectivity index (χ4n) is 2.95. The van der Waals surface area contributed by atoms with Crippen LogP contribution < -0.4 is 5.32 Å². The summed E-state index contributed by atoms with van der Waals surface area (Å²) in [5, 5.41) is 5.44. The smallest absolute Gasteiger partial charge is 0.255 e. The number of aryl methyl sites for hydroxylation is 1. The lowest BCUT2D eigenvalue weighted by atomic mass is 10.1. The van der Waals surface area contributed by atoms with Gasteiger partial charge in [-0.1, -0.05) is 48.0 Å². The van der Waals surface area contributed by atoms with E-state index in [1.807, 2.05) is 54.8 Å². The van der Waals surface area contributed by atoms with Crippen LogP contribution in [-0.2, 0) is 0 Å². The molecule has 138 valence electrons. The van der Waals surface area contributed by atoms with Crippen molar-refractivity contribution in [3.63, 3.8) is 0 Å². The predicted octanol–water partition coefficient (Wildman–Crippen LogP) is 6.18. The molecule has 4 aromatic rings. The van der Waals surface area contributed by atoms with Crippen molar-refractivity contribution in [3.05, 3.63) is 95.1 Å². The topological polar surface area (TPSA) is 42.0 Å². The van der Waals surface area contributed by atoms with Gasteiger partial charge in [0, 0.05) is 22.1 Å². The van der Waals surface area contributed by atoms with Crippen LogP contribution in [0, 0.1) is 12.7 Å². The Morgan fingerprint density at radius 3 is 2.50 bits per heavy atom. The molecular formula is C23H17FN2OS. The second-order valence-corrected chi connectivity index (χ2v) is 7.25. The van der Waals surface area contributed by atoms with Crippen molar-refractivity contribution in [2.24, 2.45) is 0 Å². The number of anilines is 1. The van der Waals surface area contributed by atoms with Gasteiger partial charge >= 0.3 is 0 Å². The van der Waals surface area contributed by atoms with Gasteiger partial charge in [0.15, 0.2) is 0 Å². The standard InChI is InChI=1S/C23H17FN2OS/c1-15-7-6-8-16(13-15)22(27)25-20-12-5-3-10-18(20)21-14-28-23(26-21)17-9-2-4-11-19(17)24/h2-14H,1H3,(H,25,27). The minimum absolute atomic E-state index is 0.180. The molecule has 0 aliphatic rings. The van der Waals surface area contributed by atoms with Gasteiger partial charge < -0.3 is 5.32 Å². The average Bonchev–Trinajstić information content (AvgIpc) is 3.18. The highest BCUT2D eigenvalue weighted by Crippen LogP contribution is 2.33. The highest BCUT2D eigenvalue weighted by Gasteiger charge is 2.14. The van der Waals surface area contributed by atoms with E-state index in [2.05, 4.69) is 10.3 Å². The zero-order valence-corrected chi connectivity index (χ0v) is 16.0. The molecule has 0 saturated heterocycles. The number of amides is 1. The number of halogens is 1. The van der Waals surface area contributed by atoms with E-state index in [4.69, 9.17) is 0 Å². The van der Waals surface area contributed by atoms with Crippen LogP contribution >= 0.6 is 11.3 Å². The molecule has 1 aromatic heterocycles. The highest BCUT2D eigenvalue weighted by molar-refractivity contribution is 7.13. The first-order valence-corrected chi connectivity index (χ1v) is 9.67. The first-order valence-electron chi connectivity index (χ1n) is 8.79. The summed E-state index contributed by atoms with van der Waals surface area (Å²) in [6, 6.07) is 21.5. The van der Waals surface area contributed by atoms with E-state index in [0.717, 1.165) is 11.1 Å². The van der Waals surface area contributed by atoms with Crippen LogP contribution in [0.5, 0.6) is 0 Å². The van der Waals surface area contributed by atoms with Gasteiger partial charge in [-0.2, -0.15) is 0 Å². The molecule has 1 N–H and O–H groups in total. The second-order valence-electron chi connectivity index (χ2n) is 6.39. The van der Waals surface area contributed by atoms with Crippen molar-refractivity contribution in [1.82, 2.24) is 4.98 Å². The summed E-state index contributed by atoms with van der Waals surface area (Å²) in [5.41, 5.74) is 4.25. The third-order valence-corrected chi connectivity index (χ3v) is 5.22. The van der Waals surface area contributed by atoms with Gasteiger partial charge in [0.1, 0.15) is 10.8 Å². The third-order valence-electron chi connectivity index (χ3n) is 4.34. The van der Waals surface area contributed by atoms with E-state index in [1.54, 1.807) is 24.3 Å². The average molecular weight is 388 g/mol. The van der Waals surface area contributed by atoms with E-state index < -0.39 is 0 Å². The van der Waals surface area contributed by atoms with Crippen molar-refractivity contribution in [1.29, 1.82) is 0 Å². The summed E-state index contributed by atoms with van der Waals surface area (Å²) in [5.74, 6) is -0.481. The van der Waals surface area contributed by atoms with Gasteiger partial charge in [-0.15, -0.1) is 11.3 Å². The Bertz CT molecular complexity index is 1150. The molecule has 0 unspecified atom stereocenters. The molecule has 0 fully saturated rings. The molecule has 0 spiro atoms. The molecule has 0 saturated carbocycles. The number of para-hydroxylation sites is 1. The van der Waals surface area contributed by atoms with Crippen molar-refractivity contribution in [2.45, 2.75) is 6.92 Å². The fraction of sp³-hybridized carbons (Fsp3) is 0.0435. The Morgan fingerprint density at radius 2 is 1.71 bits per heavy atom. The molecule has 0 atom stereocenters. The lowest BCUT2D eigenvalue weighted by molar-refractivity contribution is 0.102. The Labute approximate surface area is 166 Å². The molecule has 3 aromatic carbocycles. The van der Waals surface area contributed by atoms with Crippen LogP contribution in [0.2, 0.25) is 0 Å². The number of nitrogens with zero attached hydrogens (tertiary/aromatic N) is 1. The summed E-state index contributed by atoms with van der Waals surface area (Å²) in [7, 11) is 0. The lowest BCUT2D eigenvalue weighted by Crippen LogP contribution is -2.12. The molecular weight excluding hydrogens is 371 g/mol. The Kier molecular flexibility index (Phi) is 5.00. The maximum absolute atomic E-state index is 14.1. The van der Waals surface area contributed by atoms with E-state index in [9.17, 15) is 9.18 Å². The van der Waals surface area contributed by atoms with Gasteiger partial charge in [-0.25, -0.2) is 9.37 Å². The zero-order valence-electron chi connectivity index (χ0n) is 15.1. The third kappa shape index (κ3) is 3.70. The van der Waals surface area contributed by atoms with E-state index in [0.29, 0.717) is 27.5 Å². The maximum atomic E-state index is 14.1. The molecule has 4 rings (SSSR count). The Balaban J connectivity index is 1.66. The highest BCUT2D eigenvalue weighted by atomic mass is 32.1. The number of thiazole rings is 1. The van der Waals surface area contributed by atoms with Gasteiger partial charge in [0.2, 0.25) is 0 Å². The number of rotatable bonds is 4. The SMILES string of the molecule is Cc1cccc(C(=O)Nc2ccccc2-c2csc(-c3ccccc3F)n2)c1. The summed E-state index contributed by atoms with van der Waals surface area (Å²) in [6.45, 7) is 1.95. The van der Waals surface area contributed by atoms with Crippen molar-refractivity contribution < 1.29 is 9.18 Å². The summed E-state index contributed by atoms with van der Waals surface area (Å²) >= 11 is 1.37. The van der Waals surface area contributed by atoms with Crippen molar-refractivity contribution in [2.75, 3.05) is 5.32 Å². The monoisotopic (exact) mass is 388 g/mol. The quantitative estimate of drug-likeness (QED) is 0.454. The Morgan fingerprint density at radius 1 is 0.964 bits per heavy atom. The zero-order chi connectivity index (χ0) is 19.5. The van der Waals surface area contributed by atoms with Crippen LogP contribution in [0.4, 0.5) is 10.1 Å². The van der Waals surface area contributed by atoms with Gasteiger partial charge in [-0.05, 0) is 37.3 Å². The van der Waals surface area contributed by atoms with E-state index in [1.165, 1.54) is 17.4 Å². The van der Waals surface area contributed by atoms with E-state index >= 15 is 0 Å².